The van der Waals surface area contributed by atoms with Gasteiger partial charge in [-0.25, -0.2) is 0 Å². The van der Waals surface area contributed by atoms with Gasteiger partial charge in [-0.2, -0.15) is 4.98 Å². The van der Waals surface area contributed by atoms with Crippen molar-refractivity contribution in [3.63, 3.8) is 0 Å². The van der Waals surface area contributed by atoms with Crippen molar-refractivity contribution in [3.05, 3.63) is 95.4 Å². The van der Waals surface area contributed by atoms with E-state index in [9.17, 15) is 9.59 Å². The van der Waals surface area contributed by atoms with Crippen LogP contribution in [0.5, 0.6) is 5.75 Å². The highest BCUT2D eigenvalue weighted by Gasteiger charge is 2.17. The van der Waals surface area contributed by atoms with Crippen molar-refractivity contribution in [2.75, 3.05) is 7.11 Å². The first-order valence-electron chi connectivity index (χ1n) is 10.4. The zero-order chi connectivity index (χ0) is 23.9. The maximum absolute atomic E-state index is 12.9. The molecule has 0 saturated carbocycles. The Morgan fingerprint density at radius 1 is 1.09 bits per heavy atom. The monoisotopic (exact) mass is 458 g/mol. The fourth-order valence-electron chi connectivity index (χ4n) is 3.03. The summed E-state index contributed by atoms with van der Waals surface area (Å²) in [4.78, 5) is 29.9. The van der Waals surface area contributed by atoms with E-state index in [1.165, 1.54) is 12.3 Å². The fraction of sp³-hybridized carbons (Fsp3) is 0.120. The summed E-state index contributed by atoms with van der Waals surface area (Å²) >= 11 is 0. The van der Waals surface area contributed by atoms with E-state index >= 15 is 0 Å². The van der Waals surface area contributed by atoms with Gasteiger partial charge in [-0.15, -0.1) is 0 Å². The van der Waals surface area contributed by atoms with E-state index in [-0.39, 0.29) is 18.1 Å². The van der Waals surface area contributed by atoms with Crippen molar-refractivity contribution < 1.29 is 23.3 Å². The van der Waals surface area contributed by atoms with Crippen molar-refractivity contribution in [1.29, 1.82) is 0 Å². The molecule has 2 N–H and O–H groups in total. The molecule has 0 aliphatic heterocycles. The van der Waals surface area contributed by atoms with Crippen molar-refractivity contribution in [2.45, 2.75) is 13.5 Å². The van der Waals surface area contributed by atoms with Gasteiger partial charge in [0, 0.05) is 17.2 Å². The molecule has 2 amide bonds. The molecule has 0 atom stereocenters. The molecule has 0 spiro atoms. The Bertz CT molecular complexity index is 1310. The minimum atomic E-state index is -0.544. The molecular formula is C25H22N4O5. The van der Waals surface area contributed by atoms with Crippen molar-refractivity contribution in [3.8, 4) is 17.1 Å². The van der Waals surface area contributed by atoms with Crippen LogP contribution < -0.4 is 15.4 Å². The number of aromatic nitrogens is 2. The Balaban J connectivity index is 1.46. The molecule has 0 aliphatic rings. The predicted molar refractivity (Wildman–Crippen MR) is 123 cm³/mol. The SMILES string of the molecule is COc1cccc(-c2noc(CNC(=O)/C(=C/c3ccco3)NC(=O)c3ccc(C)cc3)n2)c1. The molecule has 0 aliphatic carbocycles. The number of hydrogen-bond donors (Lipinski definition) is 2. The van der Waals surface area contributed by atoms with E-state index in [4.69, 9.17) is 13.7 Å². The predicted octanol–water partition coefficient (Wildman–Crippen LogP) is 3.73. The largest absolute Gasteiger partial charge is 0.497 e. The van der Waals surface area contributed by atoms with E-state index in [1.807, 2.05) is 37.3 Å². The number of rotatable bonds is 8. The Labute approximate surface area is 195 Å². The molecule has 2 heterocycles. The van der Waals surface area contributed by atoms with Gasteiger partial charge in [0.2, 0.25) is 11.7 Å². The summed E-state index contributed by atoms with van der Waals surface area (Å²) < 4.78 is 15.7. The van der Waals surface area contributed by atoms with Gasteiger partial charge in [-0.3, -0.25) is 9.59 Å². The van der Waals surface area contributed by atoms with E-state index < -0.39 is 11.8 Å². The topological polar surface area (TPSA) is 119 Å². The van der Waals surface area contributed by atoms with Gasteiger partial charge in [0.1, 0.15) is 17.2 Å². The number of carbonyl (C=O) groups excluding carboxylic acids is 2. The van der Waals surface area contributed by atoms with Crippen LogP contribution in [0, 0.1) is 6.92 Å². The van der Waals surface area contributed by atoms with Crippen LogP contribution >= 0.6 is 0 Å². The molecule has 0 bridgehead atoms. The molecule has 9 heteroatoms. The maximum atomic E-state index is 12.9. The normalized spacial score (nSPS) is 11.2. The Kier molecular flexibility index (Phi) is 6.83. The number of ether oxygens (including phenoxy) is 1. The smallest absolute Gasteiger partial charge is 0.268 e. The van der Waals surface area contributed by atoms with Crippen LogP contribution in [0.4, 0.5) is 0 Å². The van der Waals surface area contributed by atoms with E-state index in [1.54, 1.807) is 37.4 Å². The molecule has 0 saturated heterocycles. The highest BCUT2D eigenvalue weighted by Crippen LogP contribution is 2.21. The lowest BCUT2D eigenvalue weighted by atomic mass is 10.1. The average Bonchev–Trinajstić information content (AvgIpc) is 3.55. The van der Waals surface area contributed by atoms with Crippen molar-refractivity contribution in [2.24, 2.45) is 0 Å². The van der Waals surface area contributed by atoms with Gasteiger partial charge >= 0.3 is 0 Å². The number of hydrogen-bond acceptors (Lipinski definition) is 7. The fourth-order valence-corrected chi connectivity index (χ4v) is 3.03. The summed E-state index contributed by atoms with van der Waals surface area (Å²) in [5.41, 5.74) is 2.16. The van der Waals surface area contributed by atoms with Crippen molar-refractivity contribution >= 4 is 17.9 Å². The summed E-state index contributed by atoms with van der Waals surface area (Å²) in [6.07, 6.45) is 2.92. The third-order valence-electron chi connectivity index (χ3n) is 4.83. The van der Waals surface area contributed by atoms with Gasteiger partial charge < -0.3 is 24.3 Å². The van der Waals surface area contributed by atoms with Crippen molar-refractivity contribution in [1.82, 2.24) is 20.8 Å². The number of benzene rings is 2. The second-order valence-corrected chi connectivity index (χ2v) is 7.32. The molecule has 172 valence electrons. The summed E-state index contributed by atoms with van der Waals surface area (Å²) in [5.74, 6) is 0.668. The number of nitrogens with zero attached hydrogens (tertiary/aromatic N) is 2. The molecule has 2 aromatic heterocycles. The second kappa shape index (κ2) is 10.3. The first kappa shape index (κ1) is 22.5. The highest BCUT2D eigenvalue weighted by molar-refractivity contribution is 6.05. The van der Waals surface area contributed by atoms with E-state index in [0.29, 0.717) is 28.5 Å². The van der Waals surface area contributed by atoms with Crippen LogP contribution in [0.2, 0.25) is 0 Å². The van der Waals surface area contributed by atoms with E-state index in [2.05, 4.69) is 20.8 Å². The van der Waals surface area contributed by atoms with Gasteiger partial charge in [-0.1, -0.05) is 35.0 Å². The molecule has 0 fully saturated rings. The third kappa shape index (κ3) is 5.57. The Hall–Kier alpha value is -4.66. The number of methoxy groups -OCH3 is 1. The molecule has 34 heavy (non-hydrogen) atoms. The molecule has 4 aromatic rings. The van der Waals surface area contributed by atoms with Crippen LogP contribution in [-0.2, 0) is 11.3 Å². The summed E-state index contributed by atoms with van der Waals surface area (Å²) in [6, 6.07) is 17.6. The summed E-state index contributed by atoms with van der Waals surface area (Å²) in [7, 11) is 1.57. The lowest BCUT2D eigenvalue weighted by Crippen LogP contribution is -2.34. The summed E-state index contributed by atoms with van der Waals surface area (Å²) in [5, 5.41) is 9.27. The number of carbonyl (C=O) groups is 2. The second-order valence-electron chi connectivity index (χ2n) is 7.32. The molecule has 4 rings (SSSR count). The third-order valence-corrected chi connectivity index (χ3v) is 4.83. The average molecular weight is 458 g/mol. The zero-order valence-electron chi connectivity index (χ0n) is 18.6. The number of furan rings is 1. The molecule has 2 aromatic carbocycles. The maximum Gasteiger partial charge on any atom is 0.268 e. The van der Waals surface area contributed by atoms with Crippen LogP contribution in [0.15, 0.2) is 81.6 Å². The lowest BCUT2D eigenvalue weighted by molar-refractivity contribution is -0.118. The summed E-state index contributed by atoms with van der Waals surface area (Å²) in [6.45, 7) is 1.89. The molecule has 9 nitrogen and oxygen atoms in total. The number of nitrogens with one attached hydrogen (secondary N) is 2. The quantitative estimate of drug-likeness (QED) is 0.386. The van der Waals surface area contributed by atoms with Gasteiger partial charge in [-0.05, 0) is 43.3 Å². The Morgan fingerprint density at radius 2 is 1.91 bits per heavy atom. The Morgan fingerprint density at radius 3 is 2.65 bits per heavy atom. The molecule has 0 unspecified atom stereocenters. The van der Waals surface area contributed by atoms with E-state index in [0.717, 1.165) is 5.56 Å². The van der Waals surface area contributed by atoms with Gasteiger partial charge in [0.05, 0.1) is 19.9 Å². The minimum Gasteiger partial charge on any atom is -0.497 e. The van der Waals surface area contributed by atoms with Crippen LogP contribution in [-0.4, -0.2) is 29.1 Å². The minimum absolute atomic E-state index is 0.00746. The van der Waals surface area contributed by atoms with Gasteiger partial charge in [0.25, 0.3) is 11.8 Å². The van der Waals surface area contributed by atoms with Crippen LogP contribution in [0.3, 0.4) is 0 Å². The van der Waals surface area contributed by atoms with Crippen LogP contribution in [0.1, 0.15) is 27.6 Å². The zero-order valence-corrected chi connectivity index (χ0v) is 18.6. The van der Waals surface area contributed by atoms with Gasteiger partial charge in [0.15, 0.2) is 0 Å². The molecule has 0 radical (unpaired) electrons. The first-order chi connectivity index (χ1) is 16.5. The lowest BCUT2D eigenvalue weighted by Gasteiger charge is -2.10. The standard InChI is InChI=1S/C25H22N4O5/c1-16-8-10-17(11-9-16)24(30)27-21(14-20-7-4-12-33-20)25(31)26-15-22-28-23(29-34-22)18-5-3-6-19(13-18)32-2/h3-14H,15H2,1-2H3,(H,26,31)(H,27,30)/b21-14-. The first-order valence-corrected chi connectivity index (χ1v) is 10.4. The van der Waals surface area contributed by atoms with Crippen LogP contribution in [0.25, 0.3) is 17.5 Å². The molecular weight excluding hydrogens is 436 g/mol. The highest BCUT2D eigenvalue weighted by atomic mass is 16.5. The number of aryl methyl sites for hydroxylation is 1. The number of amides is 2.